The van der Waals surface area contributed by atoms with Crippen molar-refractivity contribution < 1.29 is 9.00 Å². The van der Waals surface area contributed by atoms with E-state index in [1.807, 2.05) is 13.8 Å². The van der Waals surface area contributed by atoms with Crippen LogP contribution in [-0.2, 0) is 15.6 Å². The maximum absolute atomic E-state index is 11.6. The van der Waals surface area contributed by atoms with E-state index in [4.69, 9.17) is 0 Å². The summed E-state index contributed by atoms with van der Waals surface area (Å²) in [6.45, 7) is 8.50. The van der Waals surface area contributed by atoms with E-state index in [9.17, 15) is 9.00 Å². The van der Waals surface area contributed by atoms with E-state index < -0.39 is 10.8 Å². The highest BCUT2D eigenvalue weighted by Crippen LogP contribution is 1.99. The summed E-state index contributed by atoms with van der Waals surface area (Å²) in [6.07, 6.45) is 2.53. The molecule has 0 aromatic heterocycles. The molecule has 0 saturated heterocycles. The molecule has 17 heavy (non-hydrogen) atoms. The van der Waals surface area contributed by atoms with Gasteiger partial charge in [-0.25, -0.2) is 0 Å². The van der Waals surface area contributed by atoms with Gasteiger partial charge in [-0.3, -0.25) is 9.00 Å². The van der Waals surface area contributed by atoms with E-state index in [2.05, 4.69) is 24.5 Å². The molecule has 2 N–H and O–H groups in total. The first kappa shape index (κ1) is 16.6. The summed E-state index contributed by atoms with van der Waals surface area (Å²) in [5, 5.41) is 6.07. The summed E-state index contributed by atoms with van der Waals surface area (Å²) in [5.41, 5.74) is 0. The lowest BCUT2D eigenvalue weighted by Crippen LogP contribution is -2.43. The molecule has 3 atom stereocenters. The molecule has 0 radical (unpaired) electrons. The minimum absolute atomic E-state index is 0.0238. The number of hydrogen-bond acceptors (Lipinski definition) is 3. The molecule has 5 heteroatoms. The molecule has 0 aromatic rings. The Balaban J connectivity index is 3.72. The van der Waals surface area contributed by atoms with Crippen LogP contribution in [0.3, 0.4) is 0 Å². The molecule has 0 bridgehead atoms. The van der Waals surface area contributed by atoms with Gasteiger partial charge in [0, 0.05) is 34.9 Å². The second-order valence-corrected chi connectivity index (χ2v) is 6.50. The Kier molecular flexibility index (Phi) is 8.43. The minimum atomic E-state index is -0.756. The van der Waals surface area contributed by atoms with Crippen LogP contribution in [0, 0.1) is 5.92 Å². The van der Waals surface area contributed by atoms with Crippen LogP contribution in [-0.4, -0.2) is 40.8 Å². The van der Waals surface area contributed by atoms with Crippen LogP contribution in [0.1, 0.15) is 34.1 Å². The van der Waals surface area contributed by atoms with E-state index in [0.717, 1.165) is 6.42 Å². The summed E-state index contributed by atoms with van der Waals surface area (Å²) in [4.78, 5) is 11.6. The molecule has 0 heterocycles. The Morgan fingerprint density at radius 3 is 2.29 bits per heavy atom. The standard InChI is InChI=1S/C12H26N2O2S/c1-9(2)11(4)14-12(15)8-13-10(3)6-7-17(5)16/h9-11,13H,6-8H2,1-5H3,(H,14,15). The predicted molar refractivity (Wildman–Crippen MR) is 73.5 cm³/mol. The number of amides is 1. The van der Waals surface area contributed by atoms with Crippen molar-refractivity contribution in [2.24, 2.45) is 5.92 Å². The van der Waals surface area contributed by atoms with Crippen LogP contribution < -0.4 is 10.6 Å². The molecule has 0 aliphatic carbocycles. The lowest BCUT2D eigenvalue weighted by Gasteiger charge is -2.19. The molecular formula is C12H26N2O2S. The van der Waals surface area contributed by atoms with Gasteiger partial charge in [-0.15, -0.1) is 0 Å². The summed E-state index contributed by atoms with van der Waals surface area (Å²) >= 11 is 0. The molecule has 102 valence electrons. The van der Waals surface area contributed by atoms with Gasteiger partial charge in [0.25, 0.3) is 0 Å². The second-order valence-electron chi connectivity index (χ2n) is 4.95. The third-order valence-corrected chi connectivity index (χ3v) is 3.65. The zero-order chi connectivity index (χ0) is 13.4. The molecule has 0 fully saturated rings. The van der Waals surface area contributed by atoms with Gasteiger partial charge in [0.15, 0.2) is 0 Å². The van der Waals surface area contributed by atoms with Crippen LogP contribution in [0.25, 0.3) is 0 Å². The van der Waals surface area contributed by atoms with Crippen LogP contribution >= 0.6 is 0 Å². The third-order valence-electron chi connectivity index (χ3n) is 2.84. The van der Waals surface area contributed by atoms with Crippen molar-refractivity contribution in [3.63, 3.8) is 0 Å². The lowest BCUT2D eigenvalue weighted by molar-refractivity contribution is -0.121. The number of rotatable bonds is 8. The zero-order valence-electron chi connectivity index (χ0n) is 11.6. The van der Waals surface area contributed by atoms with Crippen molar-refractivity contribution in [1.29, 1.82) is 0 Å². The molecule has 0 aromatic carbocycles. The second kappa shape index (κ2) is 8.64. The van der Waals surface area contributed by atoms with Crippen molar-refractivity contribution in [1.82, 2.24) is 10.6 Å². The molecule has 0 saturated carbocycles. The number of hydrogen-bond donors (Lipinski definition) is 2. The topological polar surface area (TPSA) is 58.2 Å². The first-order valence-electron chi connectivity index (χ1n) is 6.15. The SMILES string of the molecule is CC(CCS(C)=O)NCC(=O)NC(C)C(C)C. The molecule has 3 unspecified atom stereocenters. The van der Waals surface area contributed by atoms with Crippen LogP contribution in [0.15, 0.2) is 0 Å². The summed E-state index contributed by atoms with van der Waals surface area (Å²) in [5.74, 6) is 1.15. The quantitative estimate of drug-likeness (QED) is 0.683. The van der Waals surface area contributed by atoms with Gasteiger partial charge in [0.2, 0.25) is 5.91 Å². The van der Waals surface area contributed by atoms with Gasteiger partial charge < -0.3 is 10.6 Å². The number of carbonyl (C=O) groups excluding carboxylic acids is 1. The largest absolute Gasteiger partial charge is 0.352 e. The molecule has 0 rings (SSSR count). The Morgan fingerprint density at radius 2 is 1.82 bits per heavy atom. The van der Waals surface area contributed by atoms with Crippen molar-refractivity contribution in [3.05, 3.63) is 0 Å². The summed E-state index contributed by atoms with van der Waals surface area (Å²) in [6, 6.07) is 0.418. The zero-order valence-corrected chi connectivity index (χ0v) is 12.4. The summed E-state index contributed by atoms with van der Waals surface area (Å²) < 4.78 is 10.9. The average molecular weight is 262 g/mol. The van der Waals surface area contributed by atoms with Crippen LogP contribution in [0.4, 0.5) is 0 Å². The number of nitrogens with one attached hydrogen (secondary N) is 2. The lowest BCUT2D eigenvalue weighted by atomic mass is 10.1. The molecule has 1 amide bonds. The summed E-state index contributed by atoms with van der Waals surface area (Å²) in [7, 11) is -0.756. The molecule has 0 spiro atoms. The average Bonchev–Trinajstić information content (AvgIpc) is 2.23. The highest BCUT2D eigenvalue weighted by atomic mass is 32.2. The van der Waals surface area contributed by atoms with Gasteiger partial charge in [-0.2, -0.15) is 0 Å². The molecule has 0 aliphatic heterocycles. The Labute approximate surface area is 107 Å². The smallest absolute Gasteiger partial charge is 0.234 e. The van der Waals surface area contributed by atoms with E-state index in [1.165, 1.54) is 0 Å². The third kappa shape index (κ3) is 9.30. The van der Waals surface area contributed by atoms with Gasteiger partial charge in [-0.1, -0.05) is 13.8 Å². The molecule has 4 nitrogen and oxygen atoms in total. The van der Waals surface area contributed by atoms with Gasteiger partial charge in [-0.05, 0) is 26.2 Å². The predicted octanol–water partition coefficient (Wildman–Crippen LogP) is 0.894. The molecule has 0 aliphatic rings. The number of carbonyl (C=O) groups is 1. The Morgan fingerprint density at radius 1 is 1.24 bits per heavy atom. The Bertz CT molecular complexity index is 257. The fourth-order valence-corrected chi connectivity index (χ4v) is 1.87. The first-order chi connectivity index (χ1) is 7.82. The Hall–Kier alpha value is -0.420. The first-order valence-corrected chi connectivity index (χ1v) is 7.88. The van der Waals surface area contributed by atoms with Crippen molar-refractivity contribution in [2.75, 3.05) is 18.6 Å². The van der Waals surface area contributed by atoms with E-state index in [1.54, 1.807) is 6.26 Å². The van der Waals surface area contributed by atoms with Gasteiger partial charge >= 0.3 is 0 Å². The van der Waals surface area contributed by atoms with E-state index in [0.29, 0.717) is 18.2 Å². The van der Waals surface area contributed by atoms with Crippen molar-refractivity contribution in [3.8, 4) is 0 Å². The van der Waals surface area contributed by atoms with Gasteiger partial charge in [0.05, 0.1) is 6.54 Å². The van der Waals surface area contributed by atoms with Crippen molar-refractivity contribution in [2.45, 2.75) is 46.2 Å². The van der Waals surface area contributed by atoms with Gasteiger partial charge in [0.1, 0.15) is 0 Å². The van der Waals surface area contributed by atoms with E-state index >= 15 is 0 Å². The maximum Gasteiger partial charge on any atom is 0.234 e. The monoisotopic (exact) mass is 262 g/mol. The molecular weight excluding hydrogens is 236 g/mol. The van der Waals surface area contributed by atoms with E-state index in [-0.39, 0.29) is 18.0 Å². The van der Waals surface area contributed by atoms with Crippen LogP contribution in [0.5, 0.6) is 0 Å². The highest BCUT2D eigenvalue weighted by Gasteiger charge is 2.11. The normalized spacial score (nSPS) is 16.6. The van der Waals surface area contributed by atoms with Crippen LogP contribution in [0.2, 0.25) is 0 Å². The minimum Gasteiger partial charge on any atom is -0.352 e. The highest BCUT2D eigenvalue weighted by molar-refractivity contribution is 7.84. The maximum atomic E-state index is 11.6. The fraction of sp³-hybridized carbons (Fsp3) is 0.917. The van der Waals surface area contributed by atoms with Crippen molar-refractivity contribution >= 4 is 16.7 Å². The fourth-order valence-electron chi connectivity index (χ4n) is 1.18.